The number of ether oxygens (including phenoxy) is 1. The zero-order chi connectivity index (χ0) is 16.4. The maximum atomic E-state index is 5.80. The molecule has 0 unspecified atom stereocenters. The highest BCUT2D eigenvalue weighted by molar-refractivity contribution is 7.80. The molecule has 0 aliphatic carbocycles. The molecule has 3 rings (SSSR count). The third kappa shape index (κ3) is 3.29. The molecule has 0 radical (unpaired) electrons. The van der Waals surface area contributed by atoms with Crippen LogP contribution >= 0.6 is 12.2 Å². The molecular weight excluding hydrogens is 306 g/mol. The number of thiocarbonyl (C=S) groups is 1. The number of hydrogen-bond acceptors (Lipinski definition) is 4. The van der Waals surface area contributed by atoms with E-state index in [4.69, 9.17) is 17.0 Å². The summed E-state index contributed by atoms with van der Waals surface area (Å²) in [5, 5.41) is 0.382. The average molecular weight is 323 g/mol. The van der Waals surface area contributed by atoms with Crippen molar-refractivity contribution in [3.8, 4) is 5.75 Å². The normalized spacial score (nSPS) is 10.6. The molecule has 23 heavy (non-hydrogen) atoms. The first-order chi connectivity index (χ1) is 11.0. The van der Waals surface area contributed by atoms with Crippen LogP contribution in [0, 0.1) is 13.8 Å². The second-order valence-electron chi connectivity index (χ2n) is 5.31. The van der Waals surface area contributed by atoms with Crippen LogP contribution in [0.15, 0.2) is 48.5 Å². The molecule has 4 nitrogen and oxygen atoms in total. The van der Waals surface area contributed by atoms with Crippen LogP contribution in [0.4, 0.5) is 5.69 Å². The van der Waals surface area contributed by atoms with Crippen LogP contribution < -0.4 is 9.64 Å². The summed E-state index contributed by atoms with van der Waals surface area (Å²) in [4.78, 5) is 10.9. The number of anilines is 1. The van der Waals surface area contributed by atoms with E-state index in [1.165, 1.54) is 0 Å². The van der Waals surface area contributed by atoms with Gasteiger partial charge in [0.05, 0.1) is 22.4 Å². The predicted octanol–water partition coefficient (Wildman–Crippen LogP) is 4.05. The lowest BCUT2D eigenvalue weighted by molar-refractivity contribution is 0.553. The SMILES string of the molecule is Cc1nc2ccc(OC(=S)N(C)c3ccccc3)cc2nc1C. The maximum Gasteiger partial charge on any atom is 0.269 e. The predicted molar refractivity (Wildman–Crippen MR) is 97.1 cm³/mol. The van der Waals surface area contributed by atoms with E-state index in [1.807, 2.05) is 74.3 Å². The average Bonchev–Trinajstić information content (AvgIpc) is 2.56. The van der Waals surface area contributed by atoms with Gasteiger partial charge in [-0.05, 0) is 50.3 Å². The lowest BCUT2D eigenvalue weighted by atomic mass is 10.2. The van der Waals surface area contributed by atoms with Crippen LogP contribution in [0.1, 0.15) is 11.4 Å². The number of aryl methyl sites for hydroxylation is 2. The van der Waals surface area contributed by atoms with E-state index in [9.17, 15) is 0 Å². The third-order valence-electron chi connectivity index (χ3n) is 3.67. The summed E-state index contributed by atoms with van der Waals surface area (Å²) in [6.07, 6.45) is 0. The summed E-state index contributed by atoms with van der Waals surface area (Å²) in [6.45, 7) is 3.90. The smallest absolute Gasteiger partial charge is 0.269 e. The van der Waals surface area contributed by atoms with Crippen LogP contribution in [0.3, 0.4) is 0 Å². The molecule has 1 aromatic heterocycles. The number of hydrogen-bond donors (Lipinski definition) is 0. The van der Waals surface area contributed by atoms with Crippen LogP contribution in [0.25, 0.3) is 11.0 Å². The van der Waals surface area contributed by atoms with Crippen molar-refractivity contribution in [2.24, 2.45) is 0 Å². The van der Waals surface area contributed by atoms with E-state index in [0.717, 1.165) is 28.1 Å². The number of fused-ring (bicyclic) bond motifs is 1. The topological polar surface area (TPSA) is 38.2 Å². The molecule has 5 heteroatoms. The highest BCUT2D eigenvalue weighted by Gasteiger charge is 2.10. The number of rotatable bonds is 2. The molecule has 2 aromatic carbocycles. The Balaban J connectivity index is 1.83. The molecule has 3 aromatic rings. The van der Waals surface area contributed by atoms with E-state index in [2.05, 4.69) is 9.97 Å². The molecule has 0 aliphatic heterocycles. The fraction of sp³-hybridized carbons (Fsp3) is 0.167. The second-order valence-corrected chi connectivity index (χ2v) is 5.66. The first-order valence-corrected chi connectivity index (χ1v) is 7.71. The van der Waals surface area contributed by atoms with Crippen molar-refractivity contribution in [2.75, 3.05) is 11.9 Å². The van der Waals surface area contributed by atoms with Gasteiger partial charge in [0, 0.05) is 18.8 Å². The van der Waals surface area contributed by atoms with Gasteiger partial charge in [0.2, 0.25) is 0 Å². The molecule has 0 saturated heterocycles. The Morgan fingerprint density at radius 3 is 2.30 bits per heavy atom. The van der Waals surface area contributed by atoms with Crippen LogP contribution in [0.5, 0.6) is 5.75 Å². The minimum atomic E-state index is 0.382. The first-order valence-electron chi connectivity index (χ1n) is 7.30. The Hall–Kier alpha value is -2.53. The Morgan fingerprint density at radius 2 is 1.61 bits per heavy atom. The standard InChI is InChI=1S/C18H17N3OS/c1-12-13(2)20-17-11-15(9-10-16(17)19-12)22-18(23)21(3)14-7-5-4-6-8-14/h4-11H,1-3H3. The van der Waals surface area contributed by atoms with Crippen molar-refractivity contribution in [3.63, 3.8) is 0 Å². The summed E-state index contributed by atoms with van der Waals surface area (Å²) in [5.41, 5.74) is 4.48. The minimum absolute atomic E-state index is 0.382. The third-order valence-corrected chi connectivity index (χ3v) is 4.03. The number of para-hydroxylation sites is 1. The van der Waals surface area contributed by atoms with Gasteiger partial charge in [-0.2, -0.15) is 0 Å². The van der Waals surface area contributed by atoms with Crippen LogP contribution in [0.2, 0.25) is 0 Å². The van der Waals surface area contributed by atoms with Crippen molar-refractivity contribution in [3.05, 3.63) is 59.9 Å². The maximum absolute atomic E-state index is 5.80. The van der Waals surface area contributed by atoms with Gasteiger partial charge in [-0.15, -0.1) is 0 Å². The van der Waals surface area contributed by atoms with E-state index in [-0.39, 0.29) is 0 Å². The Morgan fingerprint density at radius 1 is 0.957 bits per heavy atom. The van der Waals surface area contributed by atoms with Crippen molar-refractivity contribution >= 4 is 34.1 Å². The zero-order valence-corrected chi connectivity index (χ0v) is 14.1. The summed E-state index contributed by atoms with van der Waals surface area (Å²) in [5.74, 6) is 0.655. The van der Waals surface area contributed by atoms with Crippen molar-refractivity contribution < 1.29 is 4.74 Å². The van der Waals surface area contributed by atoms with Crippen molar-refractivity contribution in [2.45, 2.75) is 13.8 Å². The lowest BCUT2D eigenvalue weighted by Gasteiger charge is -2.19. The molecule has 0 aliphatic rings. The Kier molecular flexibility index (Phi) is 4.21. The largest absolute Gasteiger partial charge is 0.431 e. The van der Waals surface area contributed by atoms with Gasteiger partial charge in [0.1, 0.15) is 5.75 Å². The highest BCUT2D eigenvalue weighted by atomic mass is 32.1. The van der Waals surface area contributed by atoms with Crippen LogP contribution in [-0.2, 0) is 0 Å². The van der Waals surface area contributed by atoms with Gasteiger partial charge in [0.25, 0.3) is 5.17 Å². The summed E-state index contributed by atoms with van der Waals surface area (Å²) in [7, 11) is 1.88. The number of benzene rings is 2. The quantitative estimate of drug-likeness (QED) is 0.665. The van der Waals surface area contributed by atoms with Gasteiger partial charge in [-0.3, -0.25) is 0 Å². The molecule has 0 N–H and O–H groups in total. The van der Waals surface area contributed by atoms with Gasteiger partial charge in [-0.1, -0.05) is 18.2 Å². The van der Waals surface area contributed by atoms with E-state index >= 15 is 0 Å². The van der Waals surface area contributed by atoms with Crippen LogP contribution in [-0.4, -0.2) is 22.2 Å². The molecule has 1 heterocycles. The molecule has 0 saturated carbocycles. The Labute approximate surface area is 140 Å². The Bertz CT molecular complexity index is 865. The summed E-state index contributed by atoms with van der Waals surface area (Å²) in [6, 6.07) is 15.5. The van der Waals surface area contributed by atoms with Gasteiger partial charge in [-0.25, -0.2) is 9.97 Å². The van der Waals surface area contributed by atoms with Crippen molar-refractivity contribution in [1.29, 1.82) is 0 Å². The van der Waals surface area contributed by atoms with Gasteiger partial charge < -0.3 is 9.64 Å². The van der Waals surface area contributed by atoms with Gasteiger partial charge >= 0.3 is 0 Å². The van der Waals surface area contributed by atoms with E-state index < -0.39 is 0 Å². The monoisotopic (exact) mass is 323 g/mol. The second kappa shape index (κ2) is 6.30. The molecule has 0 spiro atoms. The molecule has 116 valence electrons. The molecule has 0 amide bonds. The summed E-state index contributed by atoms with van der Waals surface area (Å²) >= 11 is 5.38. The van der Waals surface area contributed by atoms with Gasteiger partial charge in [0.15, 0.2) is 0 Å². The lowest BCUT2D eigenvalue weighted by Crippen LogP contribution is -2.29. The number of nitrogens with zero attached hydrogens (tertiary/aromatic N) is 3. The molecule has 0 bridgehead atoms. The molecular formula is C18H17N3OS. The first kappa shape index (κ1) is 15.4. The van der Waals surface area contributed by atoms with E-state index in [0.29, 0.717) is 10.9 Å². The van der Waals surface area contributed by atoms with E-state index in [1.54, 1.807) is 0 Å². The fourth-order valence-electron chi connectivity index (χ4n) is 2.20. The highest BCUT2D eigenvalue weighted by Crippen LogP contribution is 2.21. The molecule has 0 atom stereocenters. The number of aromatic nitrogens is 2. The summed E-state index contributed by atoms with van der Waals surface area (Å²) < 4.78 is 5.80. The molecule has 0 fully saturated rings. The minimum Gasteiger partial charge on any atom is -0.431 e. The zero-order valence-electron chi connectivity index (χ0n) is 13.3. The van der Waals surface area contributed by atoms with Crippen molar-refractivity contribution in [1.82, 2.24) is 9.97 Å². The fourth-order valence-corrected chi connectivity index (χ4v) is 2.40.